The van der Waals surface area contributed by atoms with E-state index in [9.17, 15) is 4.79 Å². The zero-order valence-corrected chi connectivity index (χ0v) is 44.2. The molecule has 0 rings (SSSR count). The molecule has 0 aliphatic rings. The number of rotatable bonds is 48. The van der Waals surface area contributed by atoms with Crippen LogP contribution in [0.4, 0.5) is 0 Å². The van der Waals surface area contributed by atoms with Gasteiger partial charge in [0.1, 0.15) is 0 Å². The number of carbonyl (C=O) groups is 1. The highest BCUT2D eigenvalue weighted by molar-refractivity contribution is 5.81. The minimum atomic E-state index is -0.585. The Labute approximate surface area is 389 Å². The standard InChI is InChI=1S/C56H113NO5/c1-12-14-16-18-20-22-24-26-28-30-32-34-36-38-40-42-45-60-48-51(61-46-43-41-39-37-35-33-31-29-27-25-23-21-19-17-15-13-2)52(58)57-54(5,6)49-53(3,4)50-56(9,10)62-47-44-55(7,8)59-11/h51H,12-50H2,1-11H3,(H,57,58). The maximum absolute atomic E-state index is 13.9. The first kappa shape index (κ1) is 61.3. The average molecular weight is 881 g/mol. The van der Waals surface area contributed by atoms with Crippen molar-refractivity contribution in [1.82, 2.24) is 5.32 Å². The Hall–Kier alpha value is -0.690. The Bertz CT molecular complexity index is 977. The summed E-state index contributed by atoms with van der Waals surface area (Å²) in [6, 6.07) is 0. The Balaban J connectivity index is 4.68. The van der Waals surface area contributed by atoms with Crippen LogP contribution in [0.25, 0.3) is 0 Å². The van der Waals surface area contributed by atoms with Gasteiger partial charge in [0.15, 0.2) is 6.10 Å². The lowest BCUT2D eigenvalue weighted by Gasteiger charge is -2.41. The topological polar surface area (TPSA) is 66.0 Å². The minimum absolute atomic E-state index is 0.0495. The number of carbonyl (C=O) groups excluding carboxylic acids is 1. The van der Waals surface area contributed by atoms with Crippen LogP contribution in [0.1, 0.15) is 294 Å². The number of ether oxygens (including phenoxy) is 4. The normalized spacial score (nSPS) is 13.3. The summed E-state index contributed by atoms with van der Waals surface area (Å²) in [5, 5.41) is 3.38. The van der Waals surface area contributed by atoms with E-state index in [0.717, 1.165) is 38.5 Å². The largest absolute Gasteiger partial charge is 0.379 e. The summed E-state index contributed by atoms with van der Waals surface area (Å²) in [5.74, 6) is -0.0495. The molecule has 1 amide bonds. The van der Waals surface area contributed by atoms with Crippen molar-refractivity contribution in [3.05, 3.63) is 0 Å². The smallest absolute Gasteiger partial charge is 0.251 e. The highest BCUT2D eigenvalue weighted by atomic mass is 16.5. The van der Waals surface area contributed by atoms with Crippen molar-refractivity contribution in [3.8, 4) is 0 Å². The van der Waals surface area contributed by atoms with Crippen molar-refractivity contribution < 1.29 is 23.7 Å². The highest BCUT2D eigenvalue weighted by Gasteiger charge is 2.36. The fourth-order valence-corrected chi connectivity index (χ4v) is 9.61. The fraction of sp³-hybridized carbons (Fsp3) is 0.982. The molecule has 0 fully saturated rings. The third-order valence-electron chi connectivity index (χ3n) is 13.1. The summed E-state index contributed by atoms with van der Waals surface area (Å²) < 4.78 is 24.5. The molecule has 372 valence electrons. The van der Waals surface area contributed by atoms with Crippen LogP contribution >= 0.6 is 0 Å². The first-order valence-corrected chi connectivity index (χ1v) is 27.3. The molecule has 1 N–H and O–H groups in total. The maximum Gasteiger partial charge on any atom is 0.251 e. The van der Waals surface area contributed by atoms with Crippen molar-refractivity contribution in [1.29, 1.82) is 0 Å². The van der Waals surface area contributed by atoms with Crippen LogP contribution in [0, 0.1) is 5.41 Å². The molecule has 0 radical (unpaired) electrons. The third-order valence-corrected chi connectivity index (χ3v) is 13.1. The van der Waals surface area contributed by atoms with Gasteiger partial charge in [-0.2, -0.15) is 0 Å². The van der Waals surface area contributed by atoms with Gasteiger partial charge in [0.25, 0.3) is 5.91 Å². The van der Waals surface area contributed by atoms with Gasteiger partial charge >= 0.3 is 0 Å². The summed E-state index contributed by atoms with van der Waals surface area (Å²) in [5.41, 5.74) is -0.937. The number of nitrogens with one attached hydrogen (secondary N) is 1. The molecular formula is C56H113NO5. The molecule has 0 saturated heterocycles. The van der Waals surface area contributed by atoms with Crippen molar-refractivity contribution in [2.45, 2.75) is 317 Å². The number of hydrogen-bond donors (Lipinski definition) is 1. The molecule has 62 heavy (non-hydrogen) atoms. The molecular weight excluding hydrogens is 767 g/mol. The van der Waals surface area contributed by atoms with Crippen LogP contribution in [0.3, 0.4) is 0 Å². The zero-order chi connectivity index (χ0) is 46.3. The third kappa shape index (κ3) is 40.8. The Morgan fingerprint density at radius 3 is 1.18 bits per heavy atom. The molecule has 0 aliphatic heterocycles. The van der Waals surface area contributed by atoms with Crippen LogP contribution < -0.4 is 5.32 Å². The van der Waals surface area contributed by atoms with Gasteiger partial charge in [-0.05, 0) is 79.1 Å². The maximum atomic E-state index is 13.9. The summed E-state index contributed by atoms with van der Waals surface area (Å²) in [6.45, 7) is 24.3. The van der Waals surface area contributed by atoms with E-state index in [2.05, 4.69) is 74.6 Å². The second kappa shape index (κ2) is 39.5. The van der Waals surface area contributed by atoms with Crippen LogP contribution in [0.2, 0.25) is 0 Å². The van der Waals surface area contributed by atoms with Crippen molar-refractivity contribution in [2.24, 2.45) is 5.41 Å². The lowest BCUT2D eigenvalue weighted by molar-refractivity contribution is -0.139. The van der Waals surface area contributed by atoms with Crippen LogP contribution in [-0.2, 0) is 23.7 Å². The Morgan fingerprint density at radius 2 is 0.806 bits per heavy atom. The van der Waals surface area contributed by atoms with E-state index >= 15 is 0 Å². The fourth-order valence-electron chi connectivity index (χ4n) is 9.61. The quantitative estimate of drug-likeness (QED) is 0.0617. The summed E-state index contributed by atoms with van der Waals surface area (Å²) in [7, 11) is 1.76. The van der Waals surface area contributed by atoms with E-state index in [4.69, 9.17) is 18.9 Å². The Kier molecular flexibility index (Phi) is 39.0. The van der Waals surface area contributed by atoms with Gasteiger partial charge in [0.2, 0.25) is 0 Å². The summed E-state index contributed by atoms with van der Waals surface area (Å²) in [6.07, 6.45) is 45.2. The molecule has 1 unspecified atom stereocenters. The zero-order valence-electron chi connectivity index (χ0n) is 44.2. The molecule has 0 aromatic rings. The van der Waals surface area contributed by atoms with E-state index < -0.39 is 11.6 Å². The number of amides is 1. The second-order valence-corrected chi connectivity index (χ2v) is 22.3. The highest BCUT2D eigenvalue weighted by Crippen LogP contribution is 2.37. The number of unbranched alkanes of at least 4 members (excludes halogenated alkanes) is 30. The lowest BCUT2D eigenvalue weighted by Crippen LogP contribution is -2.52. The second-order valence-electron chi connectivity index (χ2n) is 22.3. The molecule has 0 saturated carbocycles. The Morgan fingerprint density at radius 1 is 0.452 bits per heavy atom. The number of methoxy groups -OCH3 is 1. The number of hydrogen-bond acceptors (Lipinski definition) is 5. The van der Waals surface area contributed by atoms with Gasteiger partial charge in [0, 0.05) is 25.9 Å². The monoisotopic (exact) mass is 880 g/mol. The van der Waals surface area contributed by atoms with Crippen molar-refractivity contribution in [3.63, 3.8) is 0 Å². The molecule has 6 heteroatoms. The van der Waals surface area contributed by atoms with Crippen LogP contribution in [0.15, 0.2) is 0 Å². The molecule has 0 aromatic heterocycles. The van der Waals surface area contributed by atoms with Crippen LogP contribution in [0.5, 0.6) is 0 Å². The molecule has 0 bridgehead atoms. The van der Waals surface area contributed by atoms with Gasteiger partial charge in [0.05, 0.1) is 24.4 Å². The van der Waals surface area contributed by atoms with Crippen LogP contribution in [-0.4, -0.2) is 62.3 Å². The molecule has 0 aliphatic carbocycles. The first-order valence-electron chi connectivity index (χ1n) is 27.3. The van der Waals surface area contributed by atoms with Gasteiger partial charge in [-0.3, -0.25) is 4.79 Å². The summed E-state index contributed by atoms with van der Waals surface area (Å²) >= 11 is 0. The van der Waals surface area contributed by atoms with Crippen molar-refractivity contribution >= 4 is 5.91 Å². The molecule has 1 atom stereocenters. The van der Waals surface area contributed by atoms with E-state index in [0.29, 0.717) is 26.4 Å². The lowest BCUT2D eigenvalue weighted by atomic mass is 9.73. The first-order chi connectivity index (χ1) is 29.6. The van der Waals surface area contributed by atoms with E-state index in [1.807, 2.05) is 0 Å². The minimum Gasteiger partial charge on any atom is -0.379 e. The van der Waals surface area contributed by atoms with Gasteiger partial charge < -0.3 is 24.3 Å². The molecule has 0 aromatic carbocycles. The van der Waals surface area contributed by atoms with E-state index in [1.54, 1.807) is 7.11 Å². The SMILES string of the molecule is CCCCCCCCCCCCCCCCCCOCC(OCCCCCCCCCCCCCCCCCC)C(=O)NC(C)(C)CC(C)(C)CC(C)(C)OCCC(C)(C)OC. The van der Waals surface area contributed by atoms with Gasteiger partial charge in [-0.15, -0.1) is 0 Å². The summed E-state index contributed by atoms with van der Waals surface area (Å²) in [4.78, 5) is 13.9. The van der Waals surface area contributed by atoms with E-state index in [-0.39, 0.29) is 22.5 Å². The molecule has 6 nitrogen and oxygen atoms in total. The molecule has 0 spiro atoms. The average Bonchev–Trinajstić information content (AvgIpc) is 3.19. The predicted octanol–water partition coefficient (Wildman–Crippen LogP) is 17.2. The van der Waals surface area contributed by atoms with E-state index in [1.165, 1.54) is 186 Å². The van der Waals surface area contributed by atoms with Crippen molar-refractivity contribution in [2.75, 3.05) is 33.5 Å². The van der Waals surface area contributed by atoms with Gasteiger partial charge in [-0.25, -0.2) is 0 Å². The van der Waals surface area contributed by atoms with Gasteiger partial charge in [-0.1, -0.05) is 220 Å². The molecule has 0 heterocycles. The predicted molar refractivity (Wildman–Crippen MR) is 271 cm³/mol.